The fourth-order valence-corrected chi connectivity index (χ4v) is 1.75. The Kier molecular flexibility index (Phi) is 9.24. The molecule has 5 heteroatoms. The van der Waals surface area contributed by atoms with Gasteiger partial charge in [-0.1, -0.05) is 32.6 Å². The Morgan fingerprint density at radius 1 is 1.22 bits per heavy atom. The van der Waals surface area contributed by atoms with Gasteiger partial charge < -0.3 is 10.0 Å². The van der Waals surface area contributed by atoms with Gasteiger partial charge in [-0.25, -0.2) is 4.39 Å². The third kappa shape index (κ3) is 8.03. The van der Waals surface area contributed by atoms with Crippen molar-refractivity contribution in [1.82, 2.24) is 4.90 Å². The van der Waals surface area contributed by atoms with Crippen LogP contribution in [-0.4, -0.2) is 41.1 Å². The molecule has 0 fully saturated rings. The molecule has 0 saturated carbocycles. The average molecular weight is 261 g/mol. The van der Waals surface area contributed by atoms with E-state index in [0.29, 0.717) is 13.0 Å². The Morgan fingerprint density at radius 2 is 1.89 bits per heavy atom. The van der Waals surface area contributed by atoms with E-state index in [9.17, 15) is 14.0 Å². The van der Waals surface area contributed by atoms with Gasteiger partial charge in [0.25, 0.3) is 0 Å². The molecule has 18 heavy (non-hydrogen) atoms. The number of amides is 1. The molecule has 1 atom stereocenters. The zero-order chi connectivity index (χ0) is 14.0. The van der Waals surface area contributed by atoms with Gasteiger partial charge in [-0.05, 0) is 13.3 Å². The first kappa shape index (κ1) is 16.9. The predicted octanol–water partition coefficient (Wildman–Crippen LogP) is 2.62. The number of carboxylic acids is 1. The number of alkyl halides is 1. The van der Waals surface area contributed by atoms with Crippen LogP contribution in [-0.2, 0) is 9.59 Å². The Balaban J connectivity index is 3.92. The minimum Gasteiger partial charge on any atom is -0.480 e. The zero-order valence-electron chi connectivity index (χ0n) is 11.3. The fraction of sp³-hybridized carbons (Fsp3) is 0.846. The highest BCUT2D eigenvalue weighted by Gasteiger charge is 2.19. The fourth-order valence-electron chi connectivity index (χ4n) is 1.75. The number of carbonyl (C=O) groups excluding carboxylic acids is 1. The van der Waals surface area contributed by atoms with Crippen LogP contribution in [0, 0.1) is 0 Å². The molecule has 0 spiro atoms. The molecule has 0 aromatic carbocycles. The Morgan fingerprint density at radius 3 is 2.39 bits per heavy atom. The van der Waals surface area contributed by atoms with Crippen LogP contribution in [0.3, 0.4) is 0 Å². The smallest absolute Gasteiger partial charge is 0.323 e. The number of nitrogens with zero attached hydrogens (tertiary/aromatic N) is 1. The lowest BCUT2D eigenvalue weighted by Gasteiger charge is -2.19. The van der Waals surface area contributed by atoms with E-state index in [4.69, 9.17) is 5.11 Å². The van der Waals surface area contributed by atoms with E-state index in [1.54, 1.807) is 6.92 Å². The molecule has 0 aliphatic rings. The zero-order valence-corrected chi connectivity index (χ0v) is 11.3. The summed E-state index contributed by atoms with van der Waals surface area (Å²) in [6.45, 7) is 3.72. The van der Waals surface area contributed by atoms with Crippen LogP contribution in [0.1, 0.15) is 52.4 Å². The summed E-state index contributed by atoms with van der Waals surface area (Å²) < 4.78 is 13.5. The van der Waals surface area contributed by atoms with Crippen molar-refractivity contribution in [2.24, 2.45) is 0 Å². The van der Waals surface area contributed by atoms with E-state index in [-0.39, 0.29) is 13.0 Å². The van der Waals surface area contributed by atoms with Gasteiger partial charge in [0.1, 0.15) is 12.7 Å². The molecule has 0 bridgehead atoms. The summed E-state index contributed by atoms with van der Waals surface area (Å²) in [4.78, 5) is 23.3. The monoisotopic (exact) mass is 261 g/mol. The summed E-state index contributed by atoms with van der Waals surface area (Å²) >= 11 is 0. The van der Waals surface area contributed by atoms with Crippen molar-refractivity contribution in [2.75, 3.05) is 13.1 Å². The lowest BCUT2D eigenvalue weighted by atomic mass is 10.1. The van der Waals surface area contributed by atoms with E-state index in [1.165, 1.54) is 4.90 Å². The Labute approximate surface area is 108 Å². The standard InChI is InChI=1S/C13H24FNO3/c1-3-5-6-7-8-11(14)9-12(16)15(4-2)10-13(17)18/h11H,3-10H2,1-2H3,(H,17,18). The quantitative estimate of drug-likeness (QED) is 0.615. The molecular formula is C13H24FNO3. The highest BCUT2D eigenvalue weighted by Crippen LogP contribution is 2.12. The summed E-state index contributed by atoms with van der Waals surface area (Å²) in [5, 5.41) is 8.61. The van der Waals surface area contributed by atoms with Gasteiger partial charge in [0, 0.05) is 6.54 Å². The topological polar surface area (TPSA) is 57.6 Å². The number of hydrogen-bond donors (Lipinski definition) is 1. The number of likely N-dealkylation sites (N-methyl/N-ethyl adjacent to an activating group) is 1. The summed E-state index contributed by atoms with van der Waals surface area (Å²) in [6.07, 6.45) is 2.98. The van der Waals surface area contributed by atoms with E-state index < -0.39 is 18.0 Å². The molecule has 1 unspecified atom stereocenters. The number of hydrogen-bond acceptors (Lipinski definition) is 2. The van der Waals surface area contributed by atoms with E-state index >= 15 is 0 Å². The Hall–Kier alpha value is -1.13. The number of unbranched alkanes of at least 4 members (excludes halogenated alkanes) is 3. The molecule has 0 rings (SSSR count). The van der Waals surface area contributed by atoms with Gasteiger partial charge in [-0.3, -0.25) is 9.59 Å². The lowest BCUT2D eigenvalue weighted by Crippen LogP contribution is -2.36. The number of halogens is 1. The largest absolute Gasteiger partial charge is 0.480 e. The van der Waals surface area contributed by atoms with Crippen LogP contribution >= 0.6 is 0 Å². The van der Waals surface area contributed by atoms with Crippen molar-refractivity contribution in [1.29, 1.82) is 0 Å². The maximum Gasteiger partial charge on any atom is 0.323 e. The molecule has 106 valence electrons. The first-order valence-corrected chi connectivity index (χ1v) is 6.64. The molecule has 1 N–H and O–H groups in total. The van der Waals surface area contributed by atoms with E-state index in [0.717, 1.165) is 25.7 Å². The summed E-state index contributed by atoms with van der Waals surface area (Å²) in [7, 11) is 0. The first-order chi connectivity index (χ1) is 8.51. The number of carbonyl (C=O) groups is 2. The molecule has 0 saturated heterocycles. The Bertz CT molecular complexity index is 259. The lowest BCUT2D eigenvalue weighted by molar-refractivity contribution is -0.144. The molecule has 0 aromatic heterocycles. The van der Waals surface area contributed by atoms with Crippen molar-refractivity contribution in [3.63, 3.8) is 0 Å². The molecule has 0 aliphatic heterocycles. The SMILES string of the molecule is CCCCCCC(F)CC(=O)N(CC)CC(=O)O. The normalized spacial score (nSPS) is 12.2. The van der Waals surface area contributed by atoms with Crippen molar-refractivity contribution >= 4 is 11.9 Å². The summed E-state index contributed by atoms with van der Waals surface area (Å²) in [6, 6.07) is 0. The molecule has 0 aromatic rings. The second kappa shape index (κ2) is 9.85. The van der Waals surface area contributed by atoms with Crippen molar-refractivity contribution < 1.29 is 19.1 Å². The maximum absolute atomic E-state index is 13.5. The molecular weight excluding hydrogens is 237 g/mol. The first-order valence-electron chi connectivity index (χ1n) is 6.64. The molecule has 0 radical (unpaired) electrons. The van der Waals surface area contributed by atoms with Gasteiger partial charge >= 0.3 is 5.97 Å². The highest BCUT2D eigenvalue weighted by atomic mass is 19.1. The molecule has 0 heterocycles. The minimum atomic E-state index is -1.16. The van der Waals surface area contributed by atoms with E-state index in [2.05, 4.69) is 6.92 Å². The molecule has 4 nitrogen and oxygen atoms in total. The average Bonchev–Trinajstić information content (AvgIpc) is 2.31. The molecule has 1 amide bonds. The maximum atomic E-state index is 13.5. The van der Waals surface area contributed by atoms with Crippen LogP contribution in [0.2, 0.25) is 0 Å². The van der Waals surface area contributed by atoms with Gasteiger partial charge in [0.15, 0.2) is 0 Å². The third-order valence-corrected chi connectivity index (χ3v) is 2.83. The van der Waals surface area contributed by atoms with Crippen LogP contribution in [0.4, 0.5) is 4.39 Å². The van der Waals surface area contributed by atoms with Crippen molar-refractivity contribution in [3.05, 3.63) is 0 Å². The van der Waals surface area contributed by atoms with Crippen LogP contribution in [0.15, 0.2) is 0 Å². The second-order valence-electron chi connectivity index (χ2n) is 4.45. The summed E-state index contributed by atoms with van der Waals surface area (Å²) in [5.74, 6) is -1.48. The van der Waals surface area contributed by atoms with Gasteiger partial charge in [-0.15, -0.1) is 0 Å². The highest BCUT2D eigenvalue weighted by molar-refractivity contribution is 5.81. The second-order valence-corrected chi connectivity index (χ2v) is 4.45. The number of aliphatic carboxylic acids is 1. The van der Waals surface area contributed by atoms with Gasteiger partial charge in [0.2, 0.25) is 5.91 Å². The molecule has 0 aliphatic carbocycles. The van der Waals surface area contributed by atoms with Crippen molar-refractivity contribution in [2.45, 2.75) is 58.5 Å². The van der Waals surface area contributed by atoms with Crippen LogP contribution in [0.25, 0.3) is 0 Å². The van der Waals surface area contributed by atoms with Crippen molar-refractivity contribution in [3.8, 4) is 0 Å². The van der Waals surface area contributed by atoms with Crippen LogP contribution < -0.4 is 0 Å². The summed E-state index contributed by atoms with van der Waals surface area (Å²) in [5.41, 5.74) is 0. The minimum absolute atomic E-state index is 0.201. The van der Waals surface area contributed by atoms with Crippen LogP contribution in [0.5, 0.6) is 0 Å². The predicted molar refractivity (Wildman–Crippen MR) is 68.2 cm³/mol. The third-order valence-electron chi connectivity index (χ3n) is 2.83. The number of rotatable bonds is 10. The number of carboxylic acid groups (broad SMARTS) is 1. The van der Waals surface area contributed by atoms with E-state index in [1.807, 2.05) is 0 Å². The van der Waals surface area contributed by atoms with Gasteiger partial charge in [0.05, 0.1) is 6.42 Å². The van der Waals surface area contributed by atoms with Gasteiger partial charge in [-0.2, -0.15) is 0 Å².